The van der Waals surface area contributed by atoms with Crippen molar-refractivity contribution in [2.75, 3.05) is 11.9 Å². The Labute approximate surface area is 161 Å². The standard InChI is InChI=1S/C20H18N8/c1-26(12-17-21-13-27(2)24-17)20-16(14-9-6-10-14)11-18-22-23-19(28(18)25-20)15-7-4-3-5-8-15/h3-11,13H,12H2,1-2H3. The lowest BCUT2D eigenvalue weighted by atomic mass is 10.00. The average Bonchev–Trinajstić information content (AvgIpc) is 3.26. The first-order valence-electron chi connectivity index (χ1n) is 8.95. The molecular weight excluding hydrogens is 352 g/mol. The van der Waals surface area contributed by atoms with E-state index in [2.05, 4.69) is 32.4 Å². The fourth-order valence-corrected chi connectivity index (χ4v) is 3.20. The summed E-state index contributed by atoms with van der Waals surface area (Å²) in [4.78, 5) is 6.38. The molecule has 3 aromatic heterocycles. The number of aromatic nitrogens is 7. The van der Waals surface area contributed by atoms with Gasteiger partial charge in [-0.25, -0.2) is 4.98 Å². The monoisotopic (exact) mass is 370 g/mol. The summed E-state index contributed by atoms with van der Waals surface area (Å²) in [6.07, 6.45) is 7.85. The van der Waals surface area contributed by atoms with Crippen LogP contribution in [0.4, 0.5) is 5.82 Å². The predicted octanol–water partition coefficient (Wildman–Crippen LogP) is 2.51. The summed E-state index contributed by atoms with van der Waals surface area (Å²) < 4.78 is 3.49. The third-order valence-electron chi connectivity index (χ3n) is 4.66. The lowest BCUT2D eigenvalue weighted by Crippen LogP contribution is -2.21. The average molecular weight is 370 g/mol. The van der Waals surface area contributed by atoms with Crippen LogP contribution in [0.2, 0.25) is 0 Å². The molecule has 1 aromatic carbocycles. The Kier molecular flexibility index (Phi) is 3.75. The van der Waals surface area contributed by atoms with E-state index in [4.69, 9.17) is 5.10 Å². The van der Waals surface area contributed by atoms with Gasteiger partial charge >= 0.3 is 0 Å². The molecule has 0 amide bonds. The van der Waals surface area contributed by atoms with Gasteiger partial charge in [0.15, 0.2) is 23.1 Å². The predicted molar refractivity (Wildman–Crippen MR) is 106 cm³/mol. The van der Waals surface area contributed by atoms with Crippen molar-refractivity contribution >= 4 is 17.0 Å². The third-order valence-corrected chi connectivity index (χ3v) is 4.66. The van der Waals surface area contributed by atoms with Crippen LogP contribution in [0.3, 0.4) is 0 Å². The highest BCUT2D eigenvalue weighted by Gasteiger charge is 2.20. The van der Waals surface area contributed by atoms with E-state index >= 15 is 0 Å². The fraction of sp³-hybridized carbons (Fsp3) is 0.150. The molecule has 0 radical (unpaired) electrons. The number of nitrogens with zero attached hydrogens (tertiary/aromatic N) is 8. The largest absolute Gasteiger partial charge is 0.350 e. The zero-order valence-corrected chi connectivity index (χ0v) is 15.6. The smallest absolute Gasteiger partial charge is 0.185 e. The molecule has 0 aliphatic heterocycles. The lowest BCUT2D eigenvalue weighted by molar-refractivity contribution is 0.728. The maximum Gasteiger partial charge on any atom is 0.185 e. The minimum Gasteiger partial charge on any atom is -0.350 e. The van der Waals surface area contributed by atoms with Crippen LogP contribution in [0.25, 0.3) is 22.6 Å². The van der Waals surface area contributed by atoms with E-state index in [1.807, 2.05) is 61.5 Å². The molecular formula is C20H18N8. The molecule has 138 valence electrons. The Bertz CT molecular complexity index is 1220. The van der Waals surface area contributed by atoms with Gasteiger partial charge in [0, 0.05) is 25.2 Å². The summed E-state index contributed by atoms with van der Waals surface area (Å²) in [5, 5.41) is 18.0. The zero-order valence-electron chi connectivity index (χ0n) is 15.6. The van der Waals surface area contributed by atoms with Crippen molar-refractivity contribution in [3.05, 3.63) is 72.3 Å². The van der Waals surface area contributed by atoms with Crippen LogP contribution >= 0.6 is 0 Å². The Hall–Kier alpha value is -3.81. The van der Waals surface area contributed by atoms with Crippen molar-refractivity contribution < 1.29 is 0 Å². The quantitative estimate of drug-likeness (QED) is 0.537. The van der Waals surface area contributed by atoms with Crippen LogP contribution in [0.15, 0.2) is 61.0 Å². The number of benzene rings is 1. The molecule has 0 N–H and O–H groups in total. The fourth-order valence-electron chi connectivity index (χ4n) is 3.20. The van der Waals surface area contributed by atoms with E-state index in [9.17, 15) is 0 Å². The van der Waals surface area contributed by atoms with Crippen molar-refractivity contribution in [3.63, 3.8) is 0 Å². The molecule has 0 unspecified atom stereocenters. The van der Waals surface area contributed by atoms with Gasteiger partial charge in [-0.15, -0.1) is 15.3 Å². The molecule has 0 atom stereocenters. The summed E-state index contributed by atoms with van der Waals surface area (Å²) in [6, 6.07) is 12.0. The minimum absolute atomic E-state index is 0.548. The van der Waals surface area contributed by atoms with Gasteiger partial charge in [0.2, 0.25) is 0 Å². The summed E-state index contributed by atoms with van der Waals surface area (Å²) >= 11 is 0. The molecule has 28 heavy (non-hydrogen) atoms. The van der Waals surface area contributed by atoms with Crippen LogP contribution in [0.5, 0.6) is 0 Å². The van der Waals surface area contributed by atoms with Crippen molar-refractivity contribution in [3.8, 4) is 11.4 Å². The summed E-state index contributed by atoms with van der Waals surface area (Å²) in [5.41, 5.74) is 3.82. The van der Waals surface area contributed by atoms with E-state index < -0.39 is 0 Å². The number of rotatable bonds is 5. The number of aryl methyl sites for hydroxylation is 1. The first-order valence-corrected chi connectivity index (χ1v) is 8.95. The van der Waals surface area contributed by atoms with Gasteiger partial charge in [0.05, 0.1) is 6.54 Å². The minimum atomic E-state index is 0.548. The van der Waals surface area contributed by atoms with E-state index in [-0.39, 0.29) is 0 Å². The summed E-state index contributed by atoms with van der Waals surface area (Å²) in [7, 11) is 3.85. The molecule has 4 aromatic rings. The molecule has 1 aliphatic rings. The van der Waals surface area contributed by atoms with Crippen molar-refractivity contribution in [1.82, 2.24) is 34.6 Å². The van der Waals surface area contributed by atoms with E-state index in [1.54, 1.807) is 15.5 Å². The van der Waals surface area contributed by atoms with E-state index in [1.165, 1.54) is 0 Å². The molecule has 8 nitrogen and oxygen atoms in total. The zero-order chi connectivity index (χ0) is 19.1. The topological polar surface area (TPSA) is 77.0 Å². The molecule has 5 rings (SSSR count). The first kappa shape index (κ1) is 16.4. The third kappa shape index (κ3) is 2.75. The van der Waals surface area contributed by atoms with Gasteiger partial charge in [-0.05, 0) is 11.6 Å². The van der Waals surface area contributed by atoms with E-state index in [0.717, 1.165) is 28.3 Å². The van der Waals surface area contributed by atoms with Crippen molar-refractivity contribution in [2.45, 2.75) is 6.54 Å². The second-order valence-electron chi connectivity index (χ2n) is 6.71. The maximum absolute atomic E-state index is 4.90. The van der Waals surface area contributed by atoms with Crippen LogP contribution in [-0.4, -0.2) is 41.6 Å². The van der Waals surface area contributed by atoms with Crippen LogP contribution < -0.4 is 4.90 Å². The van der Waals surface area contributed by atoms with Crippen molar-refractivity contribution in [2.24, 2.45) is 7.05 Å². The van der Waals surface area contributed by atoms with Gasteiger partial charge in [-0.3, -0.25) is 4.68 Å². The molecule has 0 bridgehead atoms. The molecule has 0 saturated heterocycles. The molecule has 1 aliphatic carbocycles. The van der Waals surface area contributed by atoms with Gasteiger partial charge in [-0.1, -0.05) is 48.6 Å². The first-order chi connectivity index (χ1) is 13.7. The molecule has 0 spiro atoms. The number of hydrogen-bond donors (Lipinski definition) is 0. The SMILES string of the molecule is CN(Cc1ncn(C)n1)c1nn2c(-c3ccccc3)nnc2cc1C1=CC=C1. The highest BCUT2D eigenvalue weighted by atomic mass is 15.4. The second kappa shape index (κ2) is 6.41. The van der Waals surface area contributed by atoms with Gasteiger partial charge in [-0.2, -0.15) is 9.61 Å². The number of hydrogen-bond acceptors (Lipinski definition) is 6. The highest BCUT2D eigenvalue weighted by Crippen LogP contribution is 2.31. The van der Waals surface area contributed by atoms with Gasteiger partial charge < -0.3 is 4.90 Å². The Morgan fingerprint density at radius 3 is 2.57 bits per heavy atom. The van der Waals surface area contributed by atoms with Crippen LogP contribution in [-0.2, 0) is 13.6 Å². The normalized spacial score (nSPS) is 12.9. The van der Waals surface area contributed by atoms with Crippen molar-refractivity contribution in [1.29, 1.82) is 0 Å². The lowest BCUT2D eigenvalue weighted by Gasteiger charge is -2.21. The Balaban J connectivity index is 1.62. The van der Waals surface area contributed by atoms with Gasteiger partial charge in [0.1, 0.15) is 6.33 Å². The summed E-state index contributed by atoms with van der Waals surface area (Å²) in [5.74, 6) is 2.28. The van der Waals surface area contributed by atoms with Crippen LogP contribution in [0.1, 0.15) is 11.4 Å². The second-order valence-corrected chi connectivity index (χ2v) is 6.71. The highest BCUT2D eigenvalue weighted by molar-refractivity contribution is 5.87. The Morgan fingerprint density at radius 2 is 1.89 bits per heavy atom. The van der Waals surface area contributed by atoms with E-state index in [0.29, 0.717) is 18.0 Å². The van der Waals surface area contributed by atoms with Gasteiger partial charge in [0.25, 0.3) is 0 Å². The number of anilines is 1. The summed E-state index contributed by atoms with van der Waals surface area (Å²) in [6.45, 7) is 0.548. The number of allylic oxidation sites excluding steroid dienone is 4. The molecule has 0 saturated carbocycles. The molecule has 8 heteroatoms. The maximum atomic E-state index is 4.90. The van der Waals surface area contributed by atoms with Crippen LogP contribution in [0, 0.1) is 0 Å². The molecule has 3 heterocycles. The Morgan fingerprint density at radius 1 is 1.07 bits per heavy atom. The molecule has 0 fully saturated rings. The number of fused-ring (bicyclic) bond motifs is 1.